The zero-order valence-electron chi connectivity index (χ0n) is 12.8. The maximum atomic E-state index is 13.8. The summed E-state index contributed by atoms with van der Waals surface area (Å²) in [6.45, 7) is 2.99. The van der Waals surface area contributed by atoms with Crippen LogP contribution in [0, 0.1) is 11.6 Å². The van der Waals surface area contributed by atoms with Gasteiger partial charge in [-0.25, -0.2) is 8.78 Å². The van der Waals surface area contributed by atoms with Crippen LogP contribution in [0.5, 0.6) is 0 Å². The lowest BCUT2D eigenvalue weighted by atomic mass is 9.91. The fraction of sp³-hybridized carbons (Fsp3) is 0.556. The first-order chi connectivity index (χ1) is 10.2. The number of hydrogen-bond acceptors (Lipinski definition) is 1. The molecule has 0 aromatic heterocycles. The van der Waals surface area contributed by atoms with E-state index in [1.807, 2.05) is 0 Å². The molecule has 0 amide bonds. The lowest BCUT2D eigenvalue weighted by Gasteiger charge is -2.22. The van der Waals surface area contributed by atoms with Gasteiger partial charge in [-0.1, -0.05) is 24.6 Å². The van der Waals surface area contributed by atoms with Crippen molar-refractivity contribution in [3.8, 4) is 0 Å². The molecule has 0 bridgehead atoms. The summed E-state index contributed by atoms with van der Waals surface area (Å²) >= 11 is 0. The van der Waals surface area contributed by atoms with Crippen LogP contribution in [0.15, 0.2) is 29.8 Å². The highest BCUT2D eigenvalue weighted by Gasteiger charge is 2.17. The molecule has 0 spiro atoms. The van der Waals surface area contributed by atoms with E-state index in [2.05, 4.69) is 18.3 Å². The molecule has 3 heteroatoms. The van der Waals surface area contributed by atoms with Gasteiger partial charge in [0.15, 0.2) is 0 Å². The molecule has 21 heavy (non-hydrogen) atoms. The Hall–Kier alpha value is -1.22. The number of rotatable bonds is 7. The largest absolute Gasteiger partial charge is 0.313 e. The molecule has 0 saturated heterocycles. The summed E-state index contributed by atoms with van der Waals surface area (Å²) in [5.74, 6) is -0.869. The highest BCUT2D eigenvalue weighted by atomic mass is 19.1. The van der Waals surface area contributed by atoms with Gasteiger partial charge >= 0.3 is 0 Å². The SMILES string of the molecule is CCCNC(CC1=CCCCC1)Cc1c(F)cccc1F. The number of hydrogen-bond donors (Lipinski definition) is 1. The summed E-state index contributed by atoms with van der Waals surface area (Å²) < 4.78 is 27.7. The summed E-state index contributed by atoms with van der Waals surface area (Å²) in [5, 5.41) is 3.45. The fourth-order valence-electron chi connectivity index (χ4n) is 2.95. The topological polar surface area (TPSA) is 12.0 Å². The molecule has 0 fully saturated rings. The van der Waals surface area contributed by atoms with E-state index in [4.69, 9.17) is 0 Å². The second kappa shape index (κ2) is 8.28. The van der Waals surface area contributed by atoms with Crippen LogP contribution < -0.4 is 5.32 Å². The number of halogens is 2. The van der Waals surface area contributed by atoms with Gasteiger partial charge < -0.3 is 5.32 Å². The van der Waals surface area contributed by atoms with Crippen LogP contribution in [-0.2, 0) is 6.42 Å². The Kier molecular flexibility index (Phi) is 6.37. The second-order valence-electron chi connectivity index (χ2n) is 5.87. The summed E-state index contributed by atoms with van der Waals surface area (Å²) in [5.41, 5.74) is 1.65. The van der Waals surface area contributed by atoms with Gasteiger partial charge in [-0.2, -0.15) is 0 Å². The van der Waals surface area contributed by atoms with Crippen molar-refractivity contribution in [1.29, 1.82) is 0 Å². The molecule has 0 aliphatic heterocycles. The molecular weight excluding hydrogens is 268 g/mol. The molecule has 0 radical (unpaired) electrons. The van der Waals surface area contributed by atoms with Gasteiger partial charge in [0.1, 0.15) is 11.6 Å². The smallest absolute Gasteiger partial charge is 0.129 e. The second-order valence-corrected chi connectivity index (χ2v) is 5.87. The molecule has 1 aliphatic rings. The van der Waals surface area contributed by atoms with Crippen molar-refractivity contribution in [1.82, 2.24) is 5.32 Å². The van der Waals surface area contributed by atoms with Crippen molar-refractivity contribution in [2.24, 2.45) is 0 Å². The van der Waals surface area contributed by atoms with Crippen molar-refractivity contribution in [3.63, 3.8) is 0 Å². The predicted molar refractivity (Wildman–Crippen MR) is 83.3 cm³/mol. The quantitative estimate of drug-likeness (QED) is 0.714. The Bertz CT molecular complexity index is 462. The van der Waals surface area contributed by atoms with Crippen LogP contribution in [0.3, 0.4) is 0 Å². The normalized spacial score (nSPS) is 16.6. The van der Waals surface area contributed by atoms with Crippen molar-refractivity contribution in [3.05, 3.63) is 47.0 Å². The van der Waals surface area contributed by atoms with E-state index in [9.17, 15) is 8.78 Å². The average Bonchev–Trinajstić information content (AvgIpc) is 2.49. The minimum absolute atomic E-state index is 0.112. The summed E-state index contributed by atoms with van der Waals surface area (Å²) in [6.07, 6.45) is 9.41. The first-order valence-corrected chi connectivity index (χ1v) is 8.05. The fourth-order valence-corrected chi connectivity index (χ4v) is 2.95. The average molecular weight is 293 g/mol. The Morgan fingerprint density at radius 1 is 1.14 bits per heavy atom. The summed E-state index contributed by atoms with van der Waals surface area (Å²) in [6, 6.07) is 4.22. The van der Waals surface area contributed by atoms with Gasteiger partial charge in [0.05, 0.1) is 0 Å². The van der Waals surface area contributed by atoms with E-state index in [-0.39, 0.29) is 11.6 Å². The number of benzene rings is 1. The van der Waals surface area contributed by atoms with Crippen LogP contribution in [0.2, 0.25) is 0 Å². The maximum absolute atomic E-state index is 13.8. The maximum Gasteiger partial charge on any atom is 0.129 e. The van der Waals surface area contributed by atoms with Gasteiger partial charge in [-0.05, 0) is 63.6 Å². The molecule has 1 aromatic rings. The predicted octanol–water partition coefficient (Wildman–Crippen LogP) is 4.77. The van der Waals surface area contributed by atoms with Crippen LogP contribution in [0.1, 0.15) is 51.0 Å². The minimum atomic E-state index is -0.434. The lowest BCUT2D eigenvalue weighted by molar-refractivity contribution is 0.465. The molecule has 0 heterocycles. The molecule has 0 saturated carbocycles. The molecule has 1 aromatic carbocycles. The molecule has 1 nitrogen and oxygen atoms in total. The third-order valence-electron chi connectivity index (χ3n) is 4.09. The molecule has 1 atom stereocenters. The minimum Gasteiger partial charge on any atom is -0.313 e. The van der Waals surface area contributed by atoms with Gasteiger partial charge in [0.25, 0.3) is 0 Å². The Morgan fingerprint density at radius 3 is 2.52 bits per heavy atom. The van der Waals surface area contributed by atoms with E-state index < -0.39 is 11.6 Å². The molecule has 1 aliphatic carbocycles. The van der Waals surface area contributed by atoms with E-state index in [1.165, 1.54) is 36.6 Å². The van der Waals surface area contributed by atoms with Crippen molar-refractivity contribution < 1.29 is 8.78 Å². The van der Waals surface area contributed by atoms with Crippen molar-refractivity contribution >= 4 is 0 Å². The van der Waals surface area contributed by atoms with E-state index in [0.717, 1.165) is 32.2 Å². The third kappa shape index (κ3) is 4.92. The van der Waals surface area contributed by atoms with Crippen LogP contribution in [0.25, 0.3) is 0 Å². The number of nitrogens with one attached hydrogen (secondary N) is 1. The van der Waals surface area contributed by atoms with E-state index in [0.29, 0.717) is 6.42 Å². The molecule has 116 valence electrons. The van der Waals surface area contributed by atoms with Gasteiger partial charge in [-0.3, -0.25) is 0 Å². The van der Waals surface area contributed by atoms with Crippen LogP contribution in [0.4, 0.5) is 8.78 Å². The summed E-state index contributed by atoms with van der Waals surface area (Å²) in [4.78, 5) is 0. The van der Waals surface area contributed by atoms with Gasteiger partial charge in [0, 0.05) is 11.6 Å². The molecule has 2 rings (SSSR count). The monoisotopic (exact) mass is 293 g/mol. The molecule has 1 unspecified atom stereocenters. The van der Waals surface area contributed by atoms with Crippen molar-refractivity contribution in [2.75, 3.05) is 6.54 Å². The molecular formula is C18H25F2N. The molecule has 1 N–H and O–H groups in total. The third-order valence-corrected chi connectivity index (χ3v) is 4.09. The number of allylic oxidation sites excluding steroid dienone is 1. The zero-order chi connectivity index (χ0) is 15.1. The van der Waals surface area contributed by atoms with Crippen molar-refractivity contribution in [2.45, 2.75) is 57.9 Å². The zero-order valence-corrected chi connectivity index (χ0v) is 12.8. The van der Waals surface area contributed by atoms with E-state index in [1.54, 1.807) is 0 Å². The van der Waals surface area contributed by atoms with E-state index >= 15 is 0 Å². The standard InChI is InChI=1S/C18H25F2N/c1-2-11-21-15(12-14-7-4-3-5-8-14)13-16-17(19)9-6-10-18(16)20/h6-7,9-10,15,21H,2-5,8,11-13H2,1H3. The first kappa shape index (κ1) is 16.2. The summed E-state index contributed by atoms with van der Waals surface area (Å²) in [7, 11) is 0. The Morgan fingerprint density at radius 2 is 1.90 bits per heavy atom. The first-order valence-electron chi connectivity index (χ1n) is 8.05. The van der Waals surface area contributed by atoms with Crippen LogP contribution in [-0.4, -0.2) is 12.6 Å². The Balaban J connectivity index is 2.06. The lowest BCUT2D eigenvalue weighted by Crippen LogP contribution is -2.33. The van der Waals surface area contributed by atoms with Crippen LogP contribution >= 0.6 is 0 Å². The highest BCUT2D eigenvalue weighted by Crippen LogP contribution is 2.23. The highest BCUT2D eigenvalue weighted by molar-refractivity contribution is 5.21. The van der Waals surface area contributed by atoms with Gasteiger partial charge in [0.2, 0.25) is 0 Å². The Labute approximate surface area is 126 Å². The van der Waals surface area contributed by atoms with Gasteiger partial charge in [-0.15, -0.1) is 0 Å².